The number of ether oxygens (including phenoxy) is 1. The molecule has 0 amide bonds. The van der Waals surface area contributed by atoms with Crippen LogP contribution < -0.4 is 0 Å². The van der Waals surface area contributed by atoms with Crippen LogP contribution in [0.1, 0.15) is 27.2 Å². The fourth-order valence-corrected chi connectivity index (χ4v) is 1.64. The summed E-state index contributed by atoms with van der Waals surface area (Å²) in [6.45, 7) is 7.75. The van der Waals surface area contributed by atoms with Gasteiger partial charge < -0.3 is 4.74 Å². The Morgan fingerprint density at radius 3 is 2.00 bits per heavy atom. The van der Waals surface area contributed by atoms with Gasteiger partial charge in [-0.2, -0.15) is 0 Å². The first-order chi connectivity index (χ1) is 6.79. The highest BCUT2D eigenvalue weighted by Gasteiger charge is 2.18. The van der Waals surface area contributed by atoms with Crippen molar-refractivity contribution in [2.24, 2.45) is 0 Å². The third-order valence-electron chi connectivity index (χ3n) is 1.64. The molecule has 14 heavy (non-hydrogen) atoms. The highest BCUT2D eigenvalue weighted by Crippen LogP contribution is 2.09. The molecule has 86 valence electrons. The Labute approximate surface area is 89.8 Å². The molecule has 4 nitrogen and oxygen atoms in total. The van der Waals surface area contributed by atoms with Gasteiger partial charge in [-0.25, -0.2) is 0 Å². The van der Waals surface area contributed by atoms with Crippen molar-refractivity contribution in [2.75, 3.05) is 19.8 Å². The maximum Gasteiger partial charge on any atom is 0.159 e. The Morgan fingerprint density at radius 1 is 1.07 bits per heavy atom. The largest absolute Gasteiger partial charge is 0.359 e. The van der Waals surface area contributed by atoms with Crippen LogP contribution in [0.4, 0.5) is 0 Å². The number of nitrogens with zero attached hydrogens (tertiary/aromatic N) is 1. The van der Waals surface area contributed by atoms with Crippen molar-refractivity contribution in [1.82, 2.24) is 5.23 Å². The molecule has 0 fully saturated rings. The average molecular weight is 221 g/mol. The minimum absolute atomic E-state index is 0.0580. The summed E-state index contributed by atoms with van der Waals surface area (Å²) in [5.41, 5.74) is 0. The van der Waals surface area contributed by atoms with Gasteiger partial charge in [-0.05, 0) is 32.4 Å². The van der Waals surface area contributed by atoms with Crippen molar-refractivity contribution in [3.05, 3.63) is 0 Å². The smallest absolute Gasteiger partial charge is 0.159 e. The zero-order valence-electron chi connectivity index (χ0n) is 9.78. The Hall–Kier alpha value is 0.0569. The second kappa shape index (κ2) is 9.61. The predicted molar refractivity (Wildman–Crippen MR) is 59.9 cm³/mol. The van der Waals surface area contributed by atoms with Crippen molar-refractivity contribution in [3.8, 4) is 0 Å². The lowest BCUT2D eigenvalue weighted by atomic mass is 10.4. The van der Waals surface area contributed by atoms with E-state index >= 15 is 0 Å². The number of hydrogen-bond acceptors (Lipinski definition) is 4. The highest BCUT2D eigenvalue weighted by atomic mass is 28.1. The van der Waals surface area contributed by atoms with Gasteiger partial charge in [-0.3, -0.25) is 9.68 Å². The molecular weight excluding hydrogens is 198 g/mol. The number of hydrogen-bond donors (Lipinski definition) is 0. The van der Waals surface area contributed by atoms with Gasteiger partial charge in [0.25, 0.3) is 0 Å². The molecular formula is C9H23NO3Si. The molecule has 0 rings (SSSR count). The molecule has 0 heterocycles. The molecule has 5 heteroatoms. The van der Waals surface area contributed by atoms with E-state index in [0.717, 1.165) is 6.42 Å². The standard InChI is InChI=1S/C9H23NO3Si/c1-4-11-9(7-8-14)10(12-5-2)13-6-3/h9H,4-8H2,1-3,14H3. The summed E-state index contributed by atoms with van der Waals surface area (Å²) in [5.74, 6) is 0. The molecule has 0 aliphatic rings. The zero-order valence-corrected chi connectivity index (χ0v) is 11.8. The van der Waals surface area contributed by atoms with Crippen LogP contribution in [0.5, 0.6) is 0 Å². The summed E-state index contributed by atoms with van der Waals surface area (Å²) in [5, 5.41) is 1.50. The maximum absolute atomic E-state index is 5.55. The van der Waals surface area contributed by atoms with Crippen molar-refractivity contribution in [2.45, 2.75) is 39.5 Å². The van der Waals surface area contributed by atoms with Crippen LogP contribution in [-0.4, -0.2) is 41.5 Å². The van der Waals surface area contributed by atoms with Gasteiger partial charge in [0.1, 0.15) is 0 Å². The number of hydroxylamine groups is 2. The van der Waals surface area contributed by atoms with E-state index in [9.17, 15) is 0 Å². The van der Waals surface area contributed by atoms with E-state index in [2.05, 4.69) is 0 Å². The first-order valence-corrected chi connectivity index (χ1v) is 6.88. The van der Waals surface area contributed by atoms with E-state index in [1.807, 2.05) is 20.8 Å². The molecule has 0 aromatic carbocycles. The summed E-state index contributed by atoms with van der Waals surface area (Å²) in [6.07, 6.45) is 0.914. The minimum atomic E-state index is -0.0580. The quantitative estimate of drug-likeness (QED) is 0.326. The van der Waals surface area contributed by atoms with Crippen molar-refractivity contribution >= 4 is 10.2 Å². The minimum Gasteiger partial charge on any atom is -0.359 e. The van der Waals surface area contributed by atoms with Crippen molar-refractivity contribution < 1.29 is 14.4 Å². The molecule has 0 aliphatic carbocycles. The number of rotatable bonds is 9. The van der Waals surface area contributed by atoms with Gasteiger partial charge in [0.05, 0.1) is 13.2 Å². The van der Waals surface area contributed by atoms with E-state index in [-0.39, 0.29) is 6.23 Å². The van der Waals surface area contributed by atoms with Gasteiger partial charge in [0.2, 0.25) is 0 Å². The first-order valence-electron chi connectivity index (χ1n) is 5.46. The monoisotopic (exact) mass is 221 g/mol. The summed E-state index contributed by atoms with van der Waals surface area (Å²) < 4.78 is 5.55. The molecule has 1 atom stereocenters. The van der Waals surface area contributed by atoms with E-state index in [4.69, 9.17) is 14.4 Å². The molecule has 0 aromatic rings. The van der Waals surface area contributed by atoms with Crippen LogP contribution in [0.2, 0.25) is 6.04 Å². The fourth-order valence-electron chi connectivity index (χ4n) is 1.15. The summed E-state index contributed by atoms with van der Waals surface area (Å²) in [4.78, 5) is 10.7. The normalized spacial score (nSPS) is 13.7. The average Bonchev–Trinajstić information content (AvgIpc) is 2.17. The van der Waals surface area contributed by atoms with E-state index in [1.165, 1.54) is 21.5 Å². The molecule has 0 N–H and O–H groups in total. The lowest BCUT2D eigenvalue weighted by molar-refractivity contribution is -0.420. The topological polar surface area (TPSA) is 30.9 Å². The van der Waals surface area contributed by atoms with E-state index in [0.29, 0.717) is 19.8 Å². The van der Waals surface area contributed by atoms with Gasteiger partial charge in [0.15, 0.2) is 6.23 Å². The van der Waals surface area contributed by atoms with Crippen LogP contribution in [0.25, 0.3) is 0 Å². The molecule has 0 saturated heterocycles. The summed E-state index contributed by atoms with van der Waals surface area (Å²) in [6, 6.07) is 1.18. The highest BCUT2D eigenvalue weighted by molar-refractivity contribution is 6.08. The molecule has 0 radical (unpaired) electrons. The molecule has 0 saturated carbocycles. The Balaban J connectivity index is 4.06. The summed E-state index contributed by atoms with van der Waals surface area (Å²) >= 11 is 0. The first kappa shape index (κ1) is 14.1. The van der Waals surface area contributed by atoms with E-state index < -0.39 is 0 Å². The van der Waals surface area contributed by atoms with Crippen LogP contribution >= 0.6 is 0 Å². The van der Waals surface area contributed by atoms with Crippen molar-refractivity contribution in [3.63, 3.8) is 0 Å². The Bertz CT molecular complexity index is 101. The maximum atomic E-state index is 5.55. The predicted octanol–water partition coefficient (Wildman–Crippen LogP) is 0.728. The second-order valence-electron chi connectivity index (χ2n) is 2.82. The third kappa shape index (κ3) is 5.72. The van der Waals surface area contributed by atoms with Crippen LogP contribution in [0, 0.1) is 0 Å². The van der Waals surface area contributed by atoms with Gasteiger partial charge in [-0.1, -0.05) is 6.04 Å². The lowest BCUT2D eigenvalue weighted by Gasteiger charge is -2.28. The van der Waals surface area contributed by atoms with Gasteiger partial charge in [-0.15, -0.1) is 0 Å². The molecule has 0 bridgehead atoms. The van der Waals surface area contributed by atoms with E-state index in [1.54, 1.807) is 0 Å². The van der Waals surface area contributed by atoms with Gasteiger partial charge in [0, 0.05) is 16.8 Å². The van der Waals surface area contributed by atoms with Crippen LogP contribution in [0.3, 0.4) is 0 Å². The Morgan fingerprint density at radius 2 is 1.64 bits per heavy atom. The third-order valence-corrected chi connectivity index (χ3v) is 2.22. The SMILES string of the molecule is CCOC(CC[SiH3])N(OCC)OCC. The van der Waals surface area contributed by atoms with Gasteiger partial charge >= 0.3 is 0 Å². The molecule has 0 aromatic heterocycles. The zero-order chi connectivity index (χ0) is 10.8. The molecule has 0 spiro atoms. The summed E-state index contributed by atoms with van der Waals surface area (Å²) in [7, 11) is 1.18. The van der Waals surface area contributed by atoms with Crippen LogP contribution in [0.15, 0.2) is 0 Å². The van der Waals surface area contributed by atoms with Crippen molar-refractivity contribution in [1.29, 1.82) is 0 Å². The van der Waals surface area contributed by atoms with Crippen LogP contribution in [-0.2, 0) is 14.4 Å². The fraction of sp³-hybridized carbons (Fsp3) is 1.00. The Kier molecular flexibility index (Phi) is 9.64. The lowest BCUT2D eigenvalue weighted by Crippen LogP contribution is -2.37. The molecule has 0 aliphatic heterocycles. The molecule has 1 unspecified atom stereocenters. The second-order valence-corrected chi connectivity index (χ2v) is 3.82.